The molecular formula is C19H23N3O3. The molecule has 2 atom stereocenters. The summed E-state index contributed by atoms with van der Waals surface area (Å²) in [5, 5.41) is 3.00. The lowest BCUT2D eigenvalue weighted by Crippen LogP contribution is -2.62. The van der Waals surface area contributed by atoms with Crippen molar-refractivity contribution in [3.05, 3.63) is 59.4 Å². The van der Waals surface area contributed by atoms with E-state index in [0.29, 0.717) is 17.9 Å². The molecule has 0 saturated heterocycles. The van der Waals surface area contributed by atoms with Crippen LogP contribution in [-0.4, -0.2) is 28.9 Å². The fraction of sp³-hybridized carbons (Fsp3) is 0.368. The number of benzene rings is 1. The van der Waals surface area contributed by atoms with Crippen LogP contribution in [0.25, 0.3) is 0 Å². The summed E-state index contributed by atoms with van der Waals surface area (Å²) in [7, 11) is 0. The predicted octanol–water partition coefficient (Wildman–Crippen LogP) is 2.23. The highest BCUT2D eigenvalue weighted by atomic mass is 16.5. The fourth-order valence-electron chi connectivity index (χ4n) is 3.09. The van der Waals surface area contributed by atoms with Crippen LogP contribution in [0.5, 0.6) is 0 Å². The molecule has 2 aromatic rings. The molecule has 25 heavy (non-hydrogen) atoms. The number of primary amides is 1. The maximum atomic E-state index is 12.3. The number of nitrogens with one attached hydrogen (secondary N) is 2. The van der Waals surface area contributed by atoms with E-state index in [2.05, 4.69) is 24.1 Å². The van der Waals surface area contributed by atoms with Crippen LogP contribution in [0.1, 0.15) is 46.7 Å². The van der Waals surface area contributed by atoms with E-state index in [0.717, 1.165) is 12.0 Å². The minimum absolute atomic E-state index is 0.0149. The van der Waals surface area contributed by atoms with E-state index in [-0.39, 0.29) is 23.5 Å². The van der Waals surface area contributed by atoms with Crippen molar-refractivity contribution >= 4 is 11.8 Å². The standard InChI is InChI=1S/C19H23N3O3/c1-19(2)15(9-16(19)25-11-12-6-4-3-5-7-12)22-18(24)14-8-13(10-21-14)17(20)23/h3-8,10,15-16,21H,9,11H2,1-2H3,(H2,20,23)(H,22,24)/t15-,16-/m1/s1. The first-order valence-corrected chi connectivity index (χ1v) is 8.32. The Labute approximate surface area is 146 Å². The topological polar surface area (TPSA) is 97.2 Å². The molecule has 3 rings (SSSR count). The third-order valence-electron chi connectivity index (χ3n) is 4.99. The van der Waals surface area contributed by atoms with Gasteiger partial charge in [-0.2, -0.15) is 0 Å². The Kier molecular flexibility index (Phi) is 4.63. The number of nitrogens with two attached hydrogens (primary N) is 1. The van der Waals surface area contributed by atoms with Gasteiger partial charge in [-0.15, -0.1) is 0 Å². The molecule has 1 aromatic carbocycles. The molecular weight excluding hydrogens is 318 g/mol. The molecule has 4 N–H and O–H groups in total. The molecule has 1 aliphatic rings. The SMILES string of the molecule is CC1(C)[C@H](NC(=O)c2cc(C(N)=O)c[nH]2)C[C@H]1OCc1ccccc1. The largest absolute Gasteiger partial charge is 0.373 e. The lowest BCUT2D eigenvalue weighted by atomic mass is 9.64. The summed E-state index contributed by atoms with van der Waals surface area (Å²) in [5.41, 5.74) is 6.80. The van der Waals surface area contributed by atoms with Gasteiger partial charge in [0.2, 0.25) is 5.91 Å². The van der Waals surface area contributed by atoms with E-state index in [9.17, 15) is 9.59 Å². The van der Waals surface area contributed by atoms with Crippen LogP contribution in [0.3, 0.4) is 0 Å². The second kappa shape index (κ2) is 6.72. The second-order valence-electron chi connectivity index (χ2n) is 7.03. The molecule has 2 amide bonds. The molecule has 1 aromatic heterocycles. The lowest BCUT2D eigenvalue weighted by molar-refractivity contribution is -0.122. The van der Waals surface area contributed by atoms with Gasteiger partial charge in [-0.3, -0.25) is 9.59 Å². The van der Waals surface area contributed by atoms with Crippen LogP contribution in [0, 0.1) is 5.41 Å². The number of aromatic nitrogens is 1. The highest BCUT2D eigenvalue weighted by molar-refractivity contribution is 5.98. The lowest BCUT2D eigenvalue weighted by Gasteiger charge is -2.51. The maximum Gasteiger partial charge on any atom is 0.267 e. The van der Waals surface area contributed by atoms with Crippen LogP contribution in [0.4, 0.5) is 0 Å². The summed E-state index contributed by atoms with van der Waals surface area (Å²) in [5.74, 6) is -0.805. The Balaban J connectivity index is 1.54. The van der Waals surface area contributed by atoms with Crippen molar-refractivity contribution in [3.63, 3.8) is 0 Å². The maximum absolute atomic E-state index is 12.3. The Hall–Kier alpha value is -2.60. The summed E-state index contributed by atoms with van der Waals surface area (Å²) in [4.78, 5) is 26.2. The zero-order chi connectivity index (χ0) is 18.0. The van der Waals surface area contributed by atoms with E-state index < -0.39 is 5.91 Å². The van der Waals surface area contributed by atoms with Crippen molar-refractivity contribution in [1.29, 1.82) is 0 Å². The molecule has 6 heteroatoms. The molecule has 1 saturated carbocycles. The molecule has 132 valence electrons. The van der Waals surface area contributed by atoms with Gasteiger partial charge in [0.1, 0.15) is 5.69 Å². The minimum Gasteiger partial charge on any atom is -0.373 e. The van der Waals surface area contributed by atoms with Crippen LogP contribution in [0.15, 0.2) is 42.6 Å². The quantitative estimate of drug-likeness (QED) is 0.751. The van der Waals surface area contributed by atoms with Crippen LogP contribution >= 0.6 is 0 Å². The predicted molar refractivity (Wildman–Crippen MR) is 94.0 cm³/mol. The summed E-state index contributed by atoms with van der Waals surface area (Å²) in [6.07, 6.45) is 2.28. The highest BCUT2D eigenvalue weighted by Crippen LogP contribution is 2.43. The number of aromatic amines is 1. The van der Waals surface area contributed by atoms with Gasteiger partial charge in [0, 0.05) is 17.7 Å². The van der Waals surface area contributed by atoms with Crippen LogP contribution < -0.4 is 11.1 Å². The van der Waals surface area contributed by atoms with Crippen molar-refractivity contribution in [2.75, 3.05) is 0 Å². The van der Waals surface area contributed by atoms with E-state index >= 15 is 0 Å². The van der Waals surface area contributed by atoms with E-state index in [4.69, 9.17) is 10.5 Å². The number of carbonyl (C=O) groups excluding carboxylic acids is 2. The van der Waals surface area contributed by atoms with Crippen molar-refractivity contribution in [3.8, 4) is 0 Å². The first-order chi connectivity index (χ1) is 11.9. The van der Waals surface area contributed by atoms with Crippen LogP contribution in [-0.2, 0) is 11.3 Å². The summed E-state index contributed by atoms with van der Waals surface area (Å²) < 4.78 is 6.01. The van der Waals surface area contributed by atoms with Gasteiger partial charge in [-0.05, 0) is 18.1 Å². The number of hydrogen-bond donors (Lipinski definition) is 3. The summed E-state index contributed by atoms with van der Waals surface area (Å²) in [6.45, 7) is 4.73. The monoisotopic (exact) mass is 341 g/mol. The number of H-pyrrole nitrogens is 1. The molecule has 0 spiro atoms. The smallest absolute Gasteiger partial charge is 0.267 e. The van der Waals surface area contributed by atoms with Crippen molar-refractivity contribution < 1.29 is 14.3 Å². The third-order valence-corrected chi connectivity index (χ3v) is 4.99. The Morgan fingerprint density at radius 3 is 2.64 bits per heavy atom. The van der Waals surface area contributed by atoms with Gasteiger partial charge in [-0.25, -0.2) is 0 Å². The number of rotatable bonds is 6. The van der Waals surface area contributed by atoms with Gasteiger partial charge in [0.15, 0.2) is 0 Å². The Morgan fingerprint density at radius 1 is 1.32 bits per heavy atom. The molecule has 1 heterocycles. The number of carbonyl (C=O) groups is 2. The number of ether oxygens (including phenoxy) is 1. The molecule has 1 fully saturated rings. The molecule has 0 aliphatic heterocycles. The highest BCUT2D eigenvalue weighted by Gasteiger charge is 2.49. The van der Waals surface area contributed by atoms with Crippen molar-refractivity contribution in [2.45, 2.75) is 39.0 Å². The van der Waals surface area contributed by atoms with Gasteiger partial charge >= 0.3 is 0 Å². The van der Waals surface area contributed by atoms with Gasteiger partial charge < -0.3 is 20.8 Å². The first-order valence-electron chi connectivity index (χ1n) is 8.32. The summed E-state index contributed by atoms with van der Waals surface area (Å²) in [6, 6.07) is 11.5. The zero-order valence-corrected chi connectivity index (χ0v) is 14.4. The Morgan fingerprint density at radius 2 is 2.04 bits per heavy atom. The molecule has 6 nitrogen and oxygen atoms in total. The van der Waals surface area contributed by atoms with E-state index in [1.807, 2.05) is 30.3 Å². The third kappa shape index (κ3) is 3.58. The van der Waals surface area contributed by atoms with Gasteiger partial charge in [0.05, 0.1) is 18.3 Å². The second-order valence-corrected chi connectivity index (χ2v) is 7.03. The van der Waals surface area contributed by atoms with Gasteiger partial charge in [-0.1, -0.05) is 44.2 Å². The van der Waals surface area contributed by atoms with Gasteiger partial charge in [0.25, 0.3) is 5.91 Å². The minimum atomic E-state index is -0.561. The molecule has 0 unspecified atom stereocenters. The fourth-order valence-corrected chi connectivity index (χ4v) is 3.09. The van der Waals surface area contributed by atoms with Crippen LogP contribution in [0.2, 0.25) is 0 Å². The molecule has 1 aliphatic carbocycles. The van der Waals surface area contributed by atoms with E-state index in [1.165, 1.54) is 12.3 Å². The first kappa shape index (κ1) is 17.2. The average molecular weight is 341 g/mol. The number of amides is 2. The van der Waals surface area contributed by atoms with Crippen molar-refractivity contribution in [2.24, 2.45) is 11.1 Å². The van der Waals surface area contributed by atoms with Crippen molar-refractivity contribution in [1.82, 2.24) is 10.3 Å². The molecule has 0 bridgehead atoms. The van der Waals surface area contributed by atoms with E-state index in [1.54, 1.807) is 0 Å². The normalized spacial score (nSPS) is 21.4. The zero-order valence-electron chi connectivity index (χ0n) is 14.4. The summed E-state index contributed by atoms with van der Waals surface area (Å²) >= 11 is 0. The average Bonchev–Trinajstić information content (AvgIpc) is 3.08. The number of hydrogen-bond acceptors (Lipinski definition) is 3. The molecule has 0 radical (unpaired) electrons. The Bertz CT molecular complexity index is 767.